The van der Waals surface area contributed by atoms with Gasteiger partial charge in [0.25, 0.3) is 0 Å². The number of ether oxygens (including phenoxy) is 2. The molecule has 1 aliphatic heterocycles. The summed E-state index contributed by atoms with van der Waals surface area (Å²) < 4.78 is 54.6. The van der Waals surface area contributed by atoms with Crippen molar-refractivity contribution >= 4 is 33.3 Å². The van der Waals surface area contributed by atoms with Crippen LogP contribution in [0.3, 0.4) is 0 Å². The Morgan fingerprint density at radius 3 is 2.63 bits per heavy atom. The average molecular weight is 650 g/mol. The zero-order chi connectivity index (χ0) is 31.8. The summed E-state index contributed by atoms with van der Waals surface area (Å²) in [7, 11) is 3.04. The van der Waals surface area contributed by atoms with Crippen LogP contribution in [0.5, 0.6) is 11.6 Å². The van der Waals surface area contributed by atoms with E-state index in [1.54, 1.807) is 42.8 Å². The molecule has 0 saturated carbocycles. The molecule has 7 rings (SSSR count). The fraction of sp³-hybridized carbons (Fsp3) is 0.323. The van der Waals surface area contributed by atoms with E-state index in [1.807, 2.05) is 35.7 Å². The predicted molar refractivity (Wildman–Crippen MR) is 167 cm³/mol. The van der Waals surface area contributed by atoms with Crippen LogP contribution in [0.15, 0.2) is 60.1 Å². The van der Waals surface area contributed by atoms with Crippen molar-refractivity contribution < 1.29 is 22.6 Å². The standard InChI is InChI=1S/C31H30F3N9O2S/c1-44-20-7-8-23-24(16-20)43(30(37-23)31(32,33)34)13-12-42-11-10-41(18-26-35-9-14-46-26)17-25(42)28-38-27(39-40-28)21-15-19-5-3-4-6-22(19)36-29(21)45-2/h3-9,14-16,25H,10-13,17-18H2,1-2H3,(H,38,39,40)/t25-/m0/s1. The number of methoxy groups -OCH3 is 2. The molecular formula is C31H30F3N9O2S. The first-order valence-corrected chi connectivity index (χ1v) is 15.5. The van der Waals surface area contributed by atoms with Crippen molar-refractivity contribution in [3.8, 4) is 23.0 Å². The molecule has 0 unspecified atom stereocenters. The molecule has 6 aromatic rings. The average Bonchev–Trinajstić information content (AvgIpc) is 3.84. The van der Waals surface area contributed by atoms with Gasteiger partial charge in [0.2, 0.25) is 11.7 Å². The van der Waals surface area contributed by atoms with Gasteiger partial charge in [-0.25, -0.2) is 19.9 Å². The molecule has 1 fully saturated rings. The molecule has 5 heterocycles. The number of aromatic nitrogens is 7. The molecule has 0 bridgehead atoms. The summed E-state index contributed by atoms with van der Waals surface area (Å²) in [6.45, 7) is 2.93. The van der Waals surface area contributed by atoms with Crippen LogP contribution in [-0.2, 0) is 19.3 Å². The Morgan fingerprint density at radius 2 is 1.85 bits per heavy atom. The minimum atomic E-state index is -4.62. The van der Waals surface area contributed by atoms with Crippen molar-refractivity contribution in [1.82, 2.24) is 44.5 Å². The van der Waals surface area contributed by atoms with Crippen LogP contribution in [0, 0.1) is 0 Å². The number of nitrogens with zero attached hydrogens (tertiary/aromatic N) is 8. The number of alkyl halides is 3. The lowest BCUT2D eigenvalue weighted by Gasteiger charge is -2.40. The fourth-order valence-electron chi connectivity index (χ4n) is 5.93. The number of halogens is 3. The SMILES string of the molecule is COc1ccc2nc(C(F)(F)F)n(CCN3CCN(Cc4nccs4)C[C@H]3c3nc(-c4cc5ccccc5nc4OC)n[nH]3)c2c1. The molecule has 1 aliphatic rings. The Balaban J connectivity index is 1.21. The Bertz CT molecular complexity index is 1980. The van der Waals surface area contributed by atoms with E-state index in [2.05, 4.69) is 34.9 Å². The number of fused-ring (bicyclic) bond motifs is 2. The topological polar surface area (TPSA) is 110 Å². The number of piperazine rings is 1. The molecule has 0 aliphatic carbocycles. The predicted octanol–water partition coefficient (Wildman–Crippen LogP) is 5.42. The number of nitrogens with one attached hydrogen (secondary N) is 1. The number of thiazole rings is 1. The van der Waals surface area contributed by atoms with E-state index in [1.165, 1.54) is 11.7 Å². The Labute approximate surface area is 265 Å². The minimum absolute atomic E-state index is 0.0604. The fourth-order valence-corrected chi connectivity index (χ4v) is 6.59. The first-order chi connectivity index (χ1) is 22.3. The number of para-hydroxylation sites is 1. The van der Waals surface area contributed by atoms with Crippen LogP contribution in [0.25, 0.3) is 33.3 Å². The van der Waals surface area contributed by atoms with Crippen LogP contribution in [0.2, 0.25) is 0 Å². The second-order valence-corrected chi connectivity index (χ2v) is 11.9. The van der Waals surface area contributed by atoms with Crippen molar-refractivity contribution in [1.29, 1.82) is 0 Å². The van der Waals surface area contributed by atoms with Crippen molar-refractivity contribution in [2.75, 3.05) is 40.4 Å². The van der Waals surface area contributed by atoms with E-state index < -0.39 is 12.0 Å². The molecular weight excluding hydrogens is 619 g/mol. The number of aromatic amines is 1. The number of hydrogen-bond acceptors (Lipinski definition) is 10. The van der Waals surface area contributed by atoms with Gasteiger partial charge in [0.05, 0.1) is 48.9 Å². The highest BCUT2D eigenvalue weighted by atomic mass is 32.1. The number of rotatable bonds is 9. The van der Waals surface area contributed by atoms with Gasteiger partial charge < -0.3 is 14.0 Å². The zero-order valence-electron chi connectivity index (χ0n) is 25.0. The molecule has 1 N–H and O–H groups in total. The van der Waals surface area contributed by atoms with Gasteiger partial charge in [-0.3, -0.25) is 14.9 Å². The van der Waals surface area contributed by atoms with Gasteiger partial charge in [-0.1, -0.05) is 18.2 Å². The van der Waals surface area contributed by atoms with Gasteiger partial charge in [0.1, 0.15) is 16.6 Å². The number of hydrogen-bond donors (Lipinski definition) is 1. The van der Waals surface area contributed by atoms with E-state index in [0.29, 0.717) is 67.1 Å². The van der Waals surface area contributed by atoms with Crippen LogP contribution < -0.4 is 9.47 Å². The lowest BCUT2D eigenvalue weighted by molar-refractivity contribution is -0.147. The third-order valence-electron chi connectivity index (χ3n) is 8.18. The Hall–Kier alpha value is -4.60. The summed E-state index contributed by atoms with van der Waals surface area (Å²) >= 11 is 1.59. The van der Waals surface area contributed by atoms with Gasteiger partial charge in [0.15, 0.2) is 5.82 Å². The summed E-state index contributed by atoms with van der Waals surface area (Å²) in [6, 6.07) is 14.1. The van der Waals surface area contributed by atoms with Crippen LogP contribution in [-0.4, -0.2) is 84.9 Å². The number of H-pyrrole nitrogens is 1. The molecule has 11 nitrogen and oxygen atoms in total. The van der Waals surface area contributed by atoms with Gasteiger partial charge in [-0.05, 0) is 24.3 Å². The second kappa shape index (κ2) is 12.3. The summed E-state index contributed by atoms with van der Waals surface area (Å²) in [4.78, 5) is 22.3. The zero-order valence-corrected chi connectivity index (χ0v) is 25.8. The van der Waals surface area contributed by atoms with Crippen molar-refractivity contribution in [3.05, 3.63) is 76.8 Å². The third kappa shape index (κ3) is 5.88. The maximum atomic E-state index is 14.2. The molecule has 0 amide bonds. The Morgan fingerprint density at radius 1 is 0.978 bits per heavy atom. The smallest absolute Gasteiger partial charge is 0.449 e. The number of imidazole rings is 1. The van der Waals surface area contributed by atoms with Gasteiger partial charge in [-0.15, -0.1) is 11.3 Å². The van der Waals surface area contributed by atoms with E-state index in [0.717, 1.165) is 15.9 Å². The monoisotopic (exact) mass is 649 g/mol. The molecule has 0 radical (unpaired) electrons. The van der Waals surface area contributed by atoms with Crippen LogP contribution >= 0.6 is 11.3 Å². The summed E-state index contributed by atoms with van der Waals surface area (Å²) in [5.41, 5.74) is 2.05. The molecule has 46 heavy (non-hydrogen) atoms. The Kier molecular flexibility index (Phi) is 8.04. The molecule has 15 heteroatoms. The first-order valence-electron chi connectivity index (χ1n) is 14.6. The summed E-state index contributed by atoms with van der Waals surface area (Å²) in [5, 5.41) is 11.5. The van der Waals surface area contributed by atoms with Gasteiger partial charge in [-0.2, -0.15) is 18.3 Å². The molecule has 1 saturated heterocycles. The minimum Gasteiger partial charge on any atom is -0.497 e. The quantitative estimate of drug-likeness (QED) is 0.220. The maximum absolute atomic E-state index is 14.2. The molecule has 2 aromatic carbocycles. The van der Waals surface area contributed by atoms with Crippen molar-refractivity contribution in [2.24, 2.45) is 0 Å². The lowest BCUT2D eigenvalue weighted by atomic mass is 10.1. The van der Waals surface area contributed by atoms with Crippen molar-refractivity contribution in [3.63, 3.8) is 0 Å². The molecule has 1 atom stereocenters. The van der Waals surface area contributed by atoms with Crippen LogP contribution in [0.4, 0.5) is 13.2 Å². The second-order valence-electron chi connectivity index (χ2n) is 10.9. The van der Waals surface area contributed by atoms with E-state index in [-0.39, 0.29) is 18.1 Å². The van der Waals surface area contributed by atoms with E-state index in [9.17, 15) is 13.2 Å². The third-order valence-corrected chi connectivity index (χ3v) is 8.94. The summed E-state index contributed by atoms with van der Waals surface area (Å²) in [6.07, 6.45) is -2.84. The van der Waals surface area contributed by atoms with Crippen molar-refractivity contribution in [2.45, 2.75) is 25.3 Å². The normalized spacial score (nSPS) is 16.4. The van der Waals surface area contributed by atoms with E-state index >= 15 is 0 Å². The van der Waals surface area contributed by atoms with Crippen LogP contribution in [0.1, 0.15) is 22.7 Å². The number of pyridine rings is 1. The first kappa shape index (κ1) is 30.1. The number of benzene rings is 2. The highest BCUT2D eigenvalue weighted by molar-refractivity contribution is 7.09. The molecule has 238 valence electrons. The lowest BCUT2D eigenvalue weighted by Crippen LogP contribution is -2.49. The molecule has 4 aromatic heterocycles. The van der Waals surface area contributed by atoms with Gasteiger partial charge in [0, 0.05) is 55.8 Å². The van der Waals surface area contributed by atoms with Gasteiger partial charge >= 0.3 is 6.18 Å². The van der Waals surface area contributed by atoms with E-state index in [4.69, 9.17) is 14.5 Å². The maximum Gasteiger partial charge on any atom is 0.449 e. The largest absolute Gasteiger partial charge is 0.497 e. The highest BCUT2D eigenvalue weighted by Crippen LogP contribution is 2.34. The summed E-state index contributed by atoms with van der Waals surface area (Å²) in [5.74, 6) is 0.949. The highest BCUT2D eigenvalue weighted by Gasteiger charge is 2.38. The molecule has 0 spiro atoms.